The Kier molecular flexibility index (Phi) is 13.8. The summed E-state index contributed by atoms with van der Waals surface area (Å²) in [5.74, 6) is -5.01. The van der Waals surface area contributed by atoms with Crippen LogP contribution in [0.3, 0.4) is 0 Å². The summed E-state index contributed by atoms with van der Waals surface area (Å²) in [6.45, 7) is 2.98. The summed E-state index contributed by atoms with van der Waals surface area (Å²) in [6.07, 6.45) is 0.0332. The summed E-state index contributed by atoms with van der Waals surface area (Å²) in [5.41, 5.74) is 21.5. The van der Waals surface area contributed by atoms with E-state index < -0.39 is 66.8 Å². The van der Waals surface area contributed by atoms with Crippen molar-refractivity contribution in [2.24, 2.45) is 33.8 Å². The molecule has 0 spiro atoms. The summed E-state index contributed by atoms with van der Waals surface area (Å²) in [4.78, 5) is 64.0. The van der Waals surface area contributed by atoms with Gasteiger partial charge in [0.25, 0.3) is 0 Å². The number of carbonyl (C=O) groups excluding carboxylic acids is 4. The first-order valence-corrected chi connectivity index (χ1v) is 10.6. The van der Waals surface area contributed by atoms with Crippen LogP contribution < -0.4 is 38.9 Å². The van der Waals surface area contributed by atoms with E-state index in [-0.39, 0.29) is 31.3 Å². The maximum absolute atomic E-state index is 12.9. The van der Waals surface area contributed by atoms with E-state index in [9.17, 15) is 24.0 Å². The Morgan fingerprint density at radius 1 is 0.882 bits per heavy atom. The number of aliphatic hydroxyl groups excluding tert-OH is 1. The maximum Gasteiger partial charge on any atom is 0.328 e. The summed E-state index contributed by atoms with van der Waals surface area (Å²) in [5, 5.41) is 24.9. The molecule has 0 heterocycles. The van der Waals surface area contributed by atoms with Gasteiger partial charge in [-0.3, -0.25) is 24.2 Å². The van der Waals surface area contributed by atoms with Crippen molar-refractivity contribution in [3.05, 3.63) is 0 Å². The van der Waals surface area contributed by atoms with E-state index in [1.165, 1.54) is 0 Å². The fourth-order valence-corrected chi connectivity index (χ4v) is 2.81. The van der Waals surface area contributed by atoms with Crippen molar-refractivity contribution in [1.82, 2.24) is 16.0 Å². The molecule has 0 aliphatic rings. The molecule has 0 aromatic rings. The number of rotatable bonds is 16. The zero-order valence-corrected chi connectivity index (χ0v) is 19.3. The number of guanidine groups is 1. The molecule has 13 N–H and O–H groups in total. The SMILES string of the molecule is CC(C)CC(N)C(=O)NC(CCCN=C(N)N)C(=O)NC(CC(N)=O)C(=O)NC(CO)C(=O)O. The number of aliphatic carboxylic acids is 1. The van der Waals surface area contributed by atoms with Crippen LogP contribution in [-0.4, -0.2) is 83.1 Å². The van der Waals surface area contributed by atoms with Crippen LogP contribution in [0.25, 0.3) is 0 Å². The lowest BCUT2D eigenvalue weighted by Gasteiger charge is -2.24. The lowest BCUT2D eigenvalue weighted by molar-refractivity contribution is -0.143. The molecule has 194 valence electrons. The quantitative estimate of drug-likeness (QED) is 0.0573. The van der Waals surface area contributed by atoms with Crippen molar-refractivity contribution in [2.75, 3.05) is 13.2 Å². The first kappa shape index (κ1) is 30.5. The molecule has 0 aromatic carbocycles. The van der Waals surface area contributed by atoms with Gasteiger partial charge in [-0.25, -0.2) is 4.79 Å². The van der Waals surface area contributed by atoms with Crippen LogP contribution in [0.1, 0.15) is 39.5 Å². The molecule has 0 fully saturated rings. The van der Waals surface area contributed by atoms with Crippen molar-refractivity contribution in [3.63, 3.8) is 0 Å². The molecule has 0 aromatic heterocycles. The van der Waals surface area contributed by atoms with Crippen LogP contribution in [0.4, 0.5) is 0 Å². The average molecular weight is 489 g/mol. The third-order valence-corrected chi connectivity index (χ3v) is 4.48. The van der Waals surface area contributed by atoms with Crippen molar-refractivity contribution >= 4 is 35.6 Å². The predicted octanol–water partition coefficient (Wildman–Crippen LogP) is -4.18. The van der Waals surface area contributed by atoms with Crippen LogP contribution in [0.2, 0.25) is 0 Å². The Hall–Kier alpha value is -3.46. The first-order chi connectivity index (χ1) is 15.8. The molecule has 15 nitrogen and oxygen atoms in total. The zero-order valence-electron chi connectivity index (χ0n) is 19.3. The molecule has 0 saturated carbocycles. The van der Waals surface area contributed by atoms with E-state index in [0.717, 1.165) is 0 Å². The van der Waals surface area contributed by atoms with Gasteiger partial charge in [0.05, 0.1) is 19.1 Å². The number of amides is 4. The zero-order chi connectivity index (χ0) is 26.4. The Labute approximate surface area is 197 Å². The predicted molar refractivity (Wildman–Crippen MR) is 122 cm³/mol. The number of hydrogen-bond donors (Lipinski definition) is 9. The average Bonchev–Trinajstić information content (AvgIpc) is 2.71. The minimum absolute atomic E-state index is 0.0576. The lowest BCUT2D eigenvalue weighted by atomic mass is 10.0. The summed E-state index contributed by atoms with van der Waals surface area (Å²) < 4.78 is 0. The van der Waals surface area contributed by atoms with Gasteiger partial charge in [0.2, 0.25) is 23.6 Å². The molecule has 0 radical (unpaired) electrons. The second-order valence-electron chi connectivity index (χ2n) is 8.06. The second-order valence-corrected chi connectivity index (χ2v) is 8.06. The molecular formula is C19H36N8O7. The number of nitrogens with two attached hydrogens (primary N) is 4. The smallest absolute Gasteiger partial charge is 0.328 e. The number of carboxylic acids is 1. The Morgan fingerprint density at radius 2 is 1.41 bits per heavy atom. The standard InChI is InChI=1S/C19H36N8O7/c1-9(2)6-10(20)15(30)25-11(4-3-5-24-19(22)23)16(31)26-12(7-14(21)29)17(32)27-13(8-28)18(33)34/h9-13,28H,3-8,20H2,1-2H3,(H2,21,29)(H,25,30)(H,26,31)(H,27,32)(H,33,34)(H4,22,23,24). The molecule has 4 amide bonds. The summed E-state index contributed by atoms with van der Waals surface area (Å²) in [6, 6.07) is -5.28. The highest BCUT2D eigenvalue weighted by molar-refractivity contribution is 5.96. The van der Waals surface area contributed by atoms with Crippen LogP contribution in [-0.2, 0) is 24.0 Å². The number of hydrogen-bond acceptors (Lipinski definition) is 8. The molecule has 4 atom stereocenters. The van der Waals surface area contributed by atoms with Gasteiger partial charge in [-0.15, -0.1) is 0 Å². The van der Waals surface area contributed by atoms with Gasteiger partial charge in [-0.1, -0.05) is 13.8 Å². The number of nitrogens with one attached hydrogen (secondary N) is 3. The fourth-order valence-electron chi connectivity index (χ4n) is 2.81. The normalized spacial score (nSPS) is 14.3. The molecule has 0 aliphatic heterocycles. The molecule has 34 heavy (non-hydrogen) atoms. The van der Waals surface area contributed by atoms with Crippen molar-refractivity contribution in [2.45, 2.75) is 63.7 Å². The van der Waals surface area contributed by atoms with E-state index in [0.29, 0.717) is 6.42 Å². The van der Waals surface area contributed by atoms with E-state index >= 15 is 0 Å². The molecule has 15 heteroatoms. The van der Waals surface area contributed by atoms with Crippen LogP contribution >= 0.6 is 0 Å². The van der Waals surface area contributed by atoms with Crippen LogP contribution in [0, 0.1) is 5.92 Å². The second kappa shape index (κ2) is 15.4. The Bertz CT molecular complexity index is 755. The van der Waals surface area contributed by atoms with E-state index in [1.807, 2.05) is 19.2 Å². The number of aliphatic imine (C=N–C) groups is 1. The molecule has 0 bridgehead atoms. The maximum atomic E-state index is 12.9. The highest BCUT2D eigenvalue weighted by atomic mass is 16.4. The molecular weight excluding hydrogens is 452 g/mol. The topological polar surface area (TPSA) is 278 Å². The first-order valence-electron chi connectivity index (χ1n) is 10.6. The van der Waals surface area contributed by atoms with E-state index in [2.05, 4.69) is 15.6 Å². The van der Waals surface area contributed by atoms with Gasteiger partial charge < -0.3 is 49.1 Å². The van der Waals surface area contributed by atoms with Gasteiger partial charge in [0, 0.05) is 6.54 Å². The number of carboxylic acid groups (broad SMARTS) is 1. The molecule has 4 unspecified atom stereocenters. The van der Waals surface area contributed by atoms with Crippen molar-refractivity contribution in [3.8, 4) is 0 Å². The highest BCUT2D eigenvalue weighted by Crippen LogP contribution is 2.06. The van der Waals surface area contributed by atoms with Gasteiger partial charge in [-0.2, -0.15) is 0 Å². The molecule has 0 aliphatic carbocycles. The number of primary amides is 1. The van der Waals surface area contributed by atoms with Crippen molar-refractivity contribution < 1.29 is 34.2 Å². The number of nitrogens with zero attached hydrogens (tertiary/aromatic N) is 1. The molecule has 0 rings (SSSR count). The third kappa shape index (κ3) is 12.5. The third-order valence-electron chi connectivity index (χ3n) is 4.48. The van der Waals surface area contributed by atoms with Gasteiger partial charge in [0.1, 0.15) is 18.1 Å². The Morgan fingerprint density at radius 3 is 1.88 bits per heavy atom. The highest BCUT2D eigenvalue weighted by Gasteiger charge is 2.31. The number of aliphatic hydroxyl groups is 1. The monoisotopic (exact) mass is 488 g/mol. The lowest BCUT2D eigenvalue weighted by Crippen LogP contribution is -2.58. The minimum atomic E-state index is -1.66. The van der Waals surface area contributed by atoms with Crippen LogP contribution in [0.15, 0.2) is 4.99 Å². The van der Waals surface area contributed by atoms with Crippen LogP contribution in [0.5, 0.6) is 0 Å². The molecule has 0 saturated heterocycles. The van der Waals surface area contributed by atoms with Gasteiger partial charge >= 0.3 is 5.97 Å². The number of carbonyl (C=O) groups is 5. The van der Waals surface area contributed by atoms with Crippen molar-refractivity contribution in [1.29, 1.82) is 0 Å². The van der Waals surface area contributed by atoms with Gasteiger partial charge in [0.15, 0.2) is 5.96 Å². The largest absolute Gasteiger partial charge is 0.480 e. The minimum Gasteiger partial charge on any atom is -0.480 e. The summed E-state index contributed by atoms with van der Waals surface area (Å²) in [7, 11) is 0. The van der Waals surface area contributed by atoms with E-state index in [4.69, 9.17) is 33.1 Å². The fraction of sp³-hybridized carbons (Fsp3) is 0.684. The van der Waals surface area contributed by atoms with E-state index in [1.54, 1.807) is 0 Å². The Balaban J connectivity index is 5.54. The summed E-state index contributed by atoms with van der Waals surface area (Å²) >= 11 is 0. The van der Waals surface area contributed by atoms with Gasteiger partial charge in [-0.05, 0) is 25.2 Å².